The molecule has 0 N–H and O–H groups in total. The van der Waals surface area contributed by atoms with Gasteiger partial charge in [-0.25, -0.2) is 0 Å². The van der Waals surface area contributed by atoms with Gasteiger partial charge in [-0.3, -0.25) is 0 Å². The highest BCUT2D eigenvalue weighted by molar-refractivity contribution is 5.85. The van der Waals surface area contributed by atoms with Gasteiger partial charge in [0.2, 0.25) is 0 Å². The molecule has 0 aromatic heterocycles. The van der Waals surface area contributed by atoms with Crippen LogP contribution in [-0.2, 0) is 6.42 Å². The third-order valence-electron chi connectivity index (χ3n) is 7.50. The zero-order valence-electron chi connectivity index (χ0n) is 22.3. The van der Waals surface area contributed by atoms with Crippen molar-refractivity contribution in [1.82, 2.24) is 0 Å². The van der Waals surface area contributed by atoms with E-state index < -0.39 is 0 Å². The van der Waals surface area contributed by atoms with E-state index in [0.717, 1.165) is 5.92 Å². The van der Waals surface area contributed by atoms with E-state index in [1.807, 2.05) is 0 Å². The third kappa shape index (κ3) is 13.2. The first-order chi connectivity index (χ1) is 16.3. The van der Waals surface area contributed by atoms with Crippen LogP contribution in [0.25, 0.3) is 10.8 Å². The van der Waals surface area contributed by atoms with Crippen LogP contribution in [0.5, 0.6) is 0 Å². The summed E-state index contributed by atoms with van der Waals surface area (Å²) in [5.41, 5.74) is 1.53. The zero-order chi connectivity index (χ0) is 23.4. The highest BCUT2D eigenvalue weighted by Crippen LogP contribution is 2.23. The van der Waals surface area contributed by atoms with Crippen molar-refractivity contribution < 1.29 is 0 Å². The van der Waals surface area contributed by atoms with Crippen LogP contribution in [0.15, 0.2) is 42.5 Å². The molecule has 0 bridgehead atoms. The molecule has 0 amide bonds. The van der Waals surface area contributed by atoms with Gasteiger partial charge in [0.05, 0.1) is 0 Å². The molecule has 1 atom stereocenters. The van der Waals surface area contributed by atoms with Gasteiger partial charge in [0.25, 0.3) is 0 Å². The Morgan fingerprint density at radius 2 is 0.970 bits per heavy atom. The molecule has 1 unspecified atom stereocenters. The average Bonchev–Trinajstić information content (AvgIpc) is 2.83. The number of fused-ring (bicyclic) bond motifs is 1. The molecule has 0 aliphatic heterocycles. The number of benzene rings is 2. The molecule has 0 nitrogen and oxygen atoms in total. The first-order valence-corrected chi connectivity index (χ1v) is 14.8. The SMILES string of the molecule is CCCCCCCCCCCCCCCCCCCCC(C)Cc1cccc2ccccc12. The lowest BCUT2D eigenvalue weighted by atomic mass is 9.92. The number of unbranched alkanes of at least 4 members (excludes halogenated alkanes) is 17. The number of hydrogen-bond acceptors (Lipinski definition) is 0. The van der Waals surface area contributed by atoms with Crippen LogP contribution in [0.4, 0.5) is 0 Å². The second-order valence-electron chi connectivity index (χ2n) is 10.7. The van der Waals surface area contributed by atoms with Crippen LogP contribution < -0.4 is 0 Å². The lowest BCUT2D eigenvalue weighted by molar-refractivity contribution is 0.477. The summed E-state index contributed by atoms with van der Waals surface area (Å²) < 4.78 is 0. The largest absolute Gasteiger partial charge is 0.0654 e. The summed E-state index contributed by atoms with van der Waals surface area (Å²) in [6, 6.07) is 15.6. The van der Waals surface area contributed by atoms with Crippen molar-refractivity contribution in [2.24, 2.45) is 5.92 Å². The molecule has 2 aromatic rings. The molecule has 0 radical (unpaired) electrons. The van der Waals surface area contributed by atoms with Gasteiger partial charge in [0.15, 0.2) is 0 Å². The summed E-state index contributed by atoms with van der Waals surface area (Å²) in [7, 11) is 0. The monoisotopic (exact) mass is 450 g/mol. The fraction of sp³-hybridized carbons (Fsp3) is 0.697. The molecule has 0 fully saturated rings. The molecule has 0 heteroatoms. The third-order valence-corrected chi connectivity index (χ3v) is 7.50. The Labute approximate surface area is 207 Å². The van der Waals surface area contributed by atoms with E-state index in [4.69, 9.17) is 0 Å². The van der Waals surface area contributed by atoms with E-state index in [0.29, 0.717) is 0 Å². The fourth-order valence-electron chi connectivity index (χ4n) is 5.34. The minimum Gasteiger partial charge on any atom is -0.0654 e. The smallest absolute Gasteiger partial charge is 0.0152 e. The molecule has 0 saturated carbocycles. The van der Waals surface area contributed by atoms with Crippen molar-refractivity contribution in [1.29, 1.82) is 0 Å². The van der Waals surface area contributed by atoms with E-state index in [1.54, 1.807) is 0 Å². The van der Waals surface area contributed by atoms with Gasteiger partial charge >= 0.3 is 0 Å². The Balaban J connectivity index is 1.35. The first kappa shape index (κ1) is 27.9. The average molecular weight is 451 g/mol. The fourth-order valence-corrected chi connectivity index (χ4v) is 5.34. The standard InChI is InChI=1S/C33H54/c1-3-4-5-6-7-8-9-10-11-12-13-14-15-16-17-18-19-20-24-30(2)29-32-27-23-26-31-25-21-22-28-33(31)32/h21-23,25-28,30H,3-20,24,29H2,1-2H3. The predicted molar refractivity (Wildman–Crippen MR) is 150 cm³/mol. The van der Waals surface area contributed by atoms with Crippen molar-refractivity contribution in [3.8, 4) is 0 Å². The van der Waals surface area contributed by atoms with Gasteiger partial charge in [0, 0.05) is 0 Å². The van der Waals surface area contributed by atoms with Crippen LogP contribution in [0.2, 0.25) is 0 Å². The van der Waals surface area contributed by atoms with E-state index in [-0.39, 0.29) is 0 Å². The van der Waals surface area contributed by atoms with Crippen molar-refractivity contribution in [2.45, 2.75) is 142 Å². The van der Waals surface area contributed by atoms with Crippen LogP contribution in [0.1, 0.15) is 141 Å². The maximum absolute atomic E-state index is 2.44. The highest BCUT2D eigenvalue weighted by atomic mass is 14.1. The van der Waals surface area contributed by atoms with E-state index in [1.165, 1.54) is 145 Å². The quantitative estimate of drug-likeness (QED) is 0.166. The lowest BCUT2D eigenvalue weighted by Crippen LogP contribution is -2.00. The molecule has 186 valence electrons. The van der Waals surface area contributed by atoms with Gasteiger partial charge in [0.1, 0.15) is 0 Å². The Hall–Kier alpha value is -1.30. The second kappa shape index (κ2) is 19.1. The highest BCUT2D eigenvalue weighted by Gasteiger charge is 2.07. The van der Waals surface area contributed by atoms with Crippen LogP contribution in [0.3, 0.4) is 0 Å². The van der Waals surface area contributed by atoms with E-state index in [2.05, 4.69) is 56.3 Å². The van der Waals surface area contributed by atoms with Crippen LogP contribution in [-0.4, -0.2) is 0 Å². The summed E-state index contributed by atoms with van der Waals surface area (Å²) in [5, 5.41) is 2.83. The normalized spacial score (nSPS) is 12.4. The van der Waals surface area contributed by atoms with E-state index in [9.17, 15) is 0 Å². The second-order valence-corrected chi connectivity index (χ2v) is 10.7. The zero-order valence-corrected chi connectivity index (χ0v) is 22.3. The van der Waals surface area contributed by atoms with Gasteiger partial charge in [-0.2, -0.15) is 0 Å². The summed E-state index contributed by atoms with van der Waals surface area (Å²) in [5.74, 6) is 0.789. The molecule has 0 aliphatic rings. The lowest BCUT2D eigenvalue weighted by Gasteiger charge is -2.13. The van der Waals surface area contributed by atoms with Crippen molar-refractivity contribution >= 4 is 10.8 Å². The molecule has 2 rings (SSSR count). The van der Waals surface area contributed by atoms with Gasteiger partial charge in [-0.15, -0.1) is 0 Å². The topological polar surface area (TPSA) is 0 Å². The summed E-state index contributed by atoms with van der Waals surface area (Å²) >= 11 is 0. The number of rotatable bonds is 21. The molecule has 0 heterocycles. The van der Waals surface area contributed by atoms with Crippen LogP contribution in [0, 0.1) is 5.92 Å². The molecule has 0 spiro atoms. The van der Waals surface area contributed by atoms with Gasteiger partial charge in [-0.1, -0.05) is 178 Å². The van der Waals surface area contributed by atoms with Crippen molar-refractivity contribution in [3.05, 3.63) is 48.0 Å². The predicted octanol–water partition coefficient (Wildman–Crippen LogP) is 11.5. The molecular formula is C33H54. The van der Waals surface area contributed by atoms with Crippen molar-refractivity contribution in [3.63, 3.8) is 0 Å². The van der Waals surface area contributed by atoms with Gasteiger partial charge in [-0.05, 0) is 28.7 Å². The summed E-state index contributed by atoms with van der Waals surface area (Å²) in [6.45, 7) is 4.74. The number of hydrogen-bond donors (Lipinski definition) is 0. The summed E-state index contributed by atoms with van der Waals surface area (Å²) in [6.07, 6.45) is 28.8. The maximum Gasteiger partial charge on any atom is -0.0152 e. The molecule has 2 aromatic carbocycles. The molecule has 33 heavy (non-hydrogen) atoms. The minimum absolute atomic E-state index is 0.789. The van der Waals surface area contributed by atoms with Crippen molar-refractivity contribution in [2.75, 3.05) is 0 Å². The Kier molecular flexibility index (Phi) is 16.1. The summed E-state index contributed by atoms with van der Waals surface area (Å²) in [4.78, 5) is 0. The molecular weight excluding hydrogens is 396 g/mol. The van der Waals surface area contributed by atoms with Crippen LogP contribution >= 0.6 is 0 Å². The van der Waals surface area contributed by atoms with E-state index >= 15 is 0 Å². The molecule has 0 saturated heterocycles. The van der Waals surface area contributed by atoms with Gasteiger partial charge < -0.3 is 0 Å². The maximum atomic E-state index is 2.44. The molecule has 0 aliphatic carbocycles. The minimum atomic E-state index is 0.789. The first-order valence-electron chi connectivity index (χ1n) is 14.8. The Morgan fingerprint density at radius 1 is 0.515 bits per heavy atom. The Morgan fingerprint density at radius 3 is 1.52 bits per heavy atom. The Bertz CT molecular complexity index is 695.